The Hall–Kier alpha value is -4.50. The van der Waals surface area contributed by atoms with E-state index in [9.17, 15) is 14.4 Å². The quantitative estimate of drug-likeness (QED) is 0.251. The Morgan fingerprint density at radius 2 is 1.58 bits per heavy atom. The lowest BCUT2D eigenvalue weighted by atomic mass is 10.0. The van der Waals surface area contributed by atoms with Gasteiger partial charge in [0, 0.05) is 5.56 Å². The molecule has 9 heteroatoms. The number of anilines is 2. The van der Waals surface area contributed by atoms with Crippen molar-refractivity contribution in [1.82, 2.24) is 0 Å². The number of benzene rings is 3. The molecule has 38 heavy (non-hydrogen) atoms. The van der Waals surface area contributed by atoms with Crippen LogP contribution in [0.4, 0.5) is 11.4 Å². The molecule has 1 heterocycles. The first kappa shape index (κ1) is 26.6. The fraction of sp³-hybridized carbons (Fsp3) is 0.172. The highest BCUT2D eigenvalue weighted by atomic mass is 32.1. The first-order valence-corrected chi connectivity index (χ1v) is 12.3. The van der Waals surface area contributed by atoms with E-state index in [-0.39, 0.29) is 16.4 Å². The van der Waals surface area contributed by atoms with E-state index in [0.29, 0.717) is 29.3 Å². The fourth-order valence-electron chi connectivity index (χ4n) is 3.99. The van der Waals surface area contributed by atoms with Gasteiger partial charge < -0.3 is 14.6 Å². The Kier molecular flexibility index (Phi) is 7.87. The number of hydrogen-bond acceptors (Lipinski definition) is 6. The zero-order valence-electron chi connectivity index (χ0n) is 21.1. The molecule has 1 saturated heterocycles. The number of carbonyl (C=O) groups excluding carboxylic acids is 2. The zero-order chi connectivity index (χ0) is 27.4. The predicted molar refractivity (Wildman–Crippen MR) is 149 cm³/mol. The molecule has 8 nitrogen and oxygen atoms in total. The summed E-state index contributed by atoms with van der Waals surface area (Å²) < 4.78 is 11.1. The summed E-state index contributed by atoms with van der Waals surface area (Å²) >= 11 is 5.68. The SMILES string of the molecule is CCOc1cccc(/C=C2\C(=O)N(c3ccccc3)C(=S)N(c3ccc(C)c(C)c3)C2=O)c1OCC(=O)O. The summed E-state index contributed by atoms with van der Waals surface area (Å²) in [6.07, 6.45) is 1.39. The highest BCUT2D eigenvalue weighted by Crippen LogP contribution is 2.36. The molecule has 1 N–H and O–H groups in total. The molecule has 0 aliphatic carbocycles. The monoisotopic (exact) mass is 530 g/mol. The maximum Gasteiger partial charge on any atom is 0.341 e. The van der Waals surface area contributed by atoms with Crippen LogP contribution in [-0.2, 0) is 14.4 Å². The number of carboxylic acids is 1. The summed E-state index contributed by atoms with van der Waals surface area (Å²) in [5.41, 5.74) is 3.17. The fourth-order valence-corrected chi connectivity index (χ4v) is 4.36. The molecule has 194 valence electrons. The number of aliphatic carboxylic acids is 1. The van der Waals surface area contributed by atoms with Gasteiger partial charge >= 0.3 is 5.97 Å². The number of nitrogens with zero attached hydrogens (tertiary/aromatic N) is 2. The molecule has 2 amide bonds. The average molecular weight is 531 g/mol. The van der Waals surface area contributed by atoms with Crippen LogP contribution in [-0.4, -0.2) is 41.2 Å². The van der Waals surface area contributed by atoms with Crippen LogP contribution in [0.1, 0.15) is 23.6 Å². The lowest BCUT2D eigenvalue weighted by Crippen LogP contribution is -2.57. The molecule has 3 aromatic rings. The van der Waals surface area contributed by atoms with Gasteiger partial charge in [0.05, 0.1) is 18.0 Å². The first-order valence-electron chi connectivity index (χ1n) is 11.9. The average Bonchev–Trinajstić information content (AvgIpc) is 2.89. The van der Waals surface area contributed by atoms with Gasteiger partial charge in [-0.1, -0.05) is 36.4 Å². The molecule has 4 rings (SSSR count). The highest BCUT2D eigenvalue weighted by Gasteiger charge is 2.41. The third-order valence-electron chi connectivity index (χ3n) is 5.96. The van der Waals surface area contributed by atoms with Gasteiger partial charge in [0.1, 0.15) is 5.57 Å². The summed E-state index contributed by atoms with van der Waals surface area (Å²) in [5, 5.41) is 9.19. The van der Waals surface area contributed by atoms with E-state index >= 15 is 0 Å². The normalized spacial score (nSPS) is 14.7. The smallest absolute Gasteiger partial charge is 0.341 e. The lowest BCUT2D eigenvalue weighted by molar-refractivity contribution is -0.139. The van der Waals surface area contributed by atoms with Crippen molar-refractivity contribution in [2.75, 3.05) is 23.0 Å². The maximum atomic E-state index is 13.9. The number of para-hydroxylation sites is 2. The first-order chi connectivity index (χ1) is 18.2. The van der Waals surface area contributed by atoms with Crippen molar-refractivity contribution < 1.29 is 29.0 Å². The maximum absolute atomic E-state index is 13.9. The van der Waals surface area contributed by atoms with Crippen LogP contribution in [0, 0.1) is 13.8 Å². The van der Waals surface area contributed by atoms with Crippen molar-refractivity contribution in [3.63, 3.8) is 0 Å². The summed E-state index contributed by atoms with van der Waals surface area (Å²) in [5.74, 6) is -2.00. The van der Waals surface area contributed by atoms with E-state index in [1.54, 1.807) is 55.5 Å². The standard InChI is InChI=1S/C29H26N2O6S/c1-4-36-24-12-8-9-20(26(24)37-17-25(32)33)16-23-27(34)30(21-10-6-5-7-11-21)29(38)31(28(23)35)22-14-13-18(2)19(3)15-22/h5-16H,4,17H2,1-3H3,(H,32,33)/b23-16+. The molecule has 0 spiro atoms. The molecule has 1 aliphatic heterocycles. The van der Waals surface area contributed by atoms with E-state index < -0.39 is 24.4 Å². The number of rotatable bonds is 8. The molecule has 0 unspecified atom stereocenters. The van der Waals surface area contributed by atoms with Crippen LogP contribution < -0.4 is 19.3 Å². The number of ether oxygens (including phenoxy) is 2. The number of carboxylic acid groups (broad SMARTS) is 1. The second-order valence-electron chi connectivity index (χ2n) is 8.52. The minimum absolute atomic E-state index is 0.0250. The van der Waals surface area contributed by atoms with E-state index in [0.717, 1.165) is 11.1 Å². The number of carbonyl (C=O) groups is 3. The van der Waals surface area contributed by atoms with Gasteiger partial charge in [0.15, 0.2) is 23.2 Å². The predicted octanol–water partition coefficient (Wildman–Crippen LogP) is 4.91. The van der Waals surface area contributed by atoms with Gasteiger partial charge in [-0.2, -0.15) is 0 Å². The van der Waals surface area contributed by atoms with Crippen LogP contribution in [0.2, 0.25) is 0 Å². The Labute approximate surface area is 225 Å². The molecule has 1 aliphatic rings. The minimum Gasteiger partial charge on any atom is -0.490 e. The van der Waals surface area contributed by atoms with E-state index in [1.165, 1.54) is 15.9 Å². The van der Waals surface area contributed by atoms with Crippen LogP contribution >= 0.6 is 12.2 Å². The summed E-state index contributed by atoms with van der Waals surface area (Å²) in [6, 6.07) is 19.2. The largest absolute Gasteiger partial charge is 0.490 e. The third-order valence-corrected chi connectivity index (χ3v) is 6.33. The van der Waals surface area contributed by atoms with Gasteiger partial charge in [0.25, 0.3) is 11.8 Å². The van der Waals surface area contributed by atoms with Crippen LogP contribution in [0.3, 0.4) is 0 Å². The van der Waals surface area contributed by atoms with E-state index in [2.05, 4.69) is 0 Å². The number of hydrogen-bond donors (Lipinski definition) is 1. The van der Waals surface area contributed by atoms with Crippen LogP contribution in [0.5, 0.6) is 11.5 Å². The van der Waals surface area contributed by atoms with Gasteiger partial charge in [-0.15, -0.1) is 0 Å². The second-order valence-corrected chi connectivity index (χ2v) is 8.88. The van der Waals surface area contributed by atoms with Gasteiger partial charge in [-0.3, -0.25) is 19.4 Å². The van der Waals surface area contributed by atoms with E-state index in [4.69, 9.17) is 26.8 Å². The summed E-state index contributed by atoms with van der Waals surface area (Å²) in [4.78, 5) is 41.5. The second kappa shape index (κ2) is 11.3. The van der Waals surface area contributed by atoms with Crippen molar-refractivity contribution in [2.24, 2.45) is 0 Å². The highest BCUT2D eigenvalue weighted by molar-refractivity contribution is 7.81. The lowest BCUT2D eigenvalue weighted by Gasteiger charge is -2.36. The van der Waals surface area contributed by atoms with Crippen molar-refractivity contribution >= 4 is 52.6 Å². The van der Waals surface area contributed by atoms with Crippen molar-refractivity contribution in [1.29, 1.82) is 0 Å². The van der Waals surface area contributed by atoms with E-state index in [1.807, 2.05) is 32.0 Å². The van der Waals surface area contributed by atoms with Gasteiger partial charge in [0.2, 0.25) is 0 Å². The van der Waals surface area contributed by atoms with Crippen molar-refractivity contribution in [3.05, 3.63) is 89.0 Å². The topological polar surface area (TPSA) is 96.4 Å². The Balaban J connectivity index is 1.89. The van der Waals surface area contributed by atoms with Crippen molar-refractivity contribution in [3.8, 4) is 11.5 Å². The van der Waals surface area contributed by atoms with Gasteiger partial charge in [-0.05, 0) is 80.5 Å². The van der Waals surface area contributed by atoms with Crippen molar-refractivity contribution in [2.45, 2.75) is 20.8 Å². The van der Waals surface area contributed by atoms with Gasteiger partial charge in [-0.25, -0.2) is 4.79 Å². The van der Waals surface area contributed by atoms with Crippen LogP contribution in [0.15, 0.2) is 72.3 Å². The molecular weight excluding hydrogens is 504 g/mol. The number of aryl methyl sites for hydroxylation is 2. The molecule has 0 saturated carbocycles. The Morgan fingerprint density at radius 3 is 2.21 bits per heavy atom. The Morgan fingerprint density at radius 1 is 0.895 bits per heavy atom. The summed E-state index contributed by atoms with van der Waals surface area (Å²) in [6.45, 7) is 5.35. The zero-order valence-corrected chi connectivity index (χ0v) is 22.0. The molecule has 0 bridgehead atoms. The molecule has 1 fully saturated rings. The molecule has 0 atom stereocenters. The Bertz CT molecular complexity index is 1450. The molecular formula is C29H26N2O6S. The minimum atomic E-state index is -1.18. The third kappa shape index (κ3) is 5.28. The number of thiocarbonyl (C=S) groups is 1. The van der Waals surface area contributed by atoms with Crippen LogP contribution in [0.25, 0.3) is 6.08 Å². The number of amides is 2. The molecule has 3 aromatic carbocycles. The molecule has 0 aromatic heterocycles. The molecule has 0 radical (unpaired) electrons. The summed E-state index contributed by atoms with van der Waals surface area (Å²) in [7, 11) is 0.